The Labute approximate surface area is 150 Å². The van der Waals surface area contributed by atoms with Crippen molar-refractivity contribution in [2.45, 2.75) is 18.6 Å². The zero-order valence-corrected chi connectivity index (χ0v) is 14.2. The van der Waals surface area contributed by atoms with E-state index in [1.807, 2.05) is 30.3 Å². The van der Waals surface area contributed by atoms with Gasteiger partial charge in [0.15, 0.2) is 0 Å². The first-order valence-electron chi connectivity index (χ1n) is 7.99. The lowest BCUT2D eigenvalue weighted by Crippen LogP contribution is -2.46. The Morgan fingerprint density at radius 3 is 2.64 bits per heavy atom. The molecular formula is C19H19ClN2O3. The number of halogens is 1. The minimum absolute atomic E-state index is 0.347. The van der Waals surface area contributed by atoms with Gasteiger partial charge >= 0.3 is 0 Å². The van der Waals surface area contributed by atoms with Gasteiger partial charge in [0.25, 0.3) is 5.91 Å². The first kappa shape index (κ1) is 17.5. The summed E-state index contributed by atoms with van der Waals surface area (Å²) in [6.07, 6.45) is -0.636. The van der Waals surface area contributed by atoms with Crippen molar-refractivity contribution >= 4 is 28.4 Å². The molecule has 0 aliphatic heterocycles. The molecule has 0 aliphatic carbocycles. The molecule has 2 aromatic carbocycles. The molecule has 0 bridgehead atoms. The van der Waals surface area contributed by atoms with Crippen molar-refractivity contribution in [3.8, 4) is 0 Å². The minimum Gasteiger partial charge on any atom is -0.394 e. The van der Waals surface area contributed by atoms with Gasteiger partial charge in [0.05, 0.1) is 18.8 Å². The summed E-state index contributed by atoms with van der Waals surface area (Å²) in [6, 6.07) is 15.9. The van der Waals surface area contributed by atoms with Gasteiger partial charge in [0.1, 0.15) is 5.69 Å². The zero-order chi connectivity index (χ0) is 17.8. The number of aromatic nitrogens is 1. The number of aliphatic hydroxyl groups is 2. The number of fused-ring (bicyclic) bond motifs is 1. The van der Waals surface area contributed by atoms with Crippen LogP contribution in [0.2, 0.25) is 5.02 Å². The summed E-state index contributed by atoms with van der Waals surface area (Å²) in [7, 11) is 0. The third-order valence-electron chi connectivity index (χ3n) is 4.09. The highest BCUT2D eigenvalue weighted by molar-refractivity contribution is 6.31. The van der Waals surface area contributed by atoms with E-state index in [-0.39, 0.29) is 5.91 Å². The maximum Gasteiger partial charge on any atom is 0.268 e. The molecule has 0 saturated carbocycles. The second kappa shape index (κ2) is 7.70. The zero-order valence-electron chi connectivity index (χ0n) is 13.4. The van der Waals surface area contributed by atoms with Crippen LogP contribution in [0.3, 0.4) is 0 Å². The van der Waals surface area contributed by atoms with E-state index in [4.69, 9.17) is 11.6 Å². The molecule has 0 aliphatic rings. The smallest absolute Gasteiger partial charge is 0.268 e. The van der Waals surface area contributed by atoms with Crippen molar-refractivity contribution in [1.82, 2.24) is 10.3 Å². The standard InChI is InChI=1S/C19H19ClN2O3/c20-14-6-7-15-13(9-14)10-17(21-15)19(25)22-16(18(24)11-23)8-12-4-2-1-3-5-12/h1-7,9-10,16,18,21,23-24H,8,11H2,(H,22,25)/t16-,18-/m0/s1. The van der Waals surface area contributed by atoms with Gasteiger partial charge in [0.2, 0.25) is 0 Å². The van der Waals surface area contributed by atoms with Gasteiger partial charge in [-0.1, -0.05) is 41.9 Å². The van der Waals surface area contributed by atoms with Crippen LogP contribution in [0.15, 0.2) is 54.6 Å². The lowest BCUT2D eigenvalue weighted by Gasteiger charge is -2.22. The molecule has 0 spiro atoms. The number of H-pyrrole nitrogens is 1. The summed E-state index contributed by atoms with van der Waals surface area (Å²) < 4.78 is 0. The third-order valence-corrected chi connectivity index (χ3v) is 4.33. The number of aliphatic hydroxyl groups excluding tert-OH is 2. The summed E-state index contributed by atoms with van der Waals surface area (Å²) in [5.74, 6) is -0.347. The molecule has 1 heterocycles. The third kappa shape index (κ3) is 4.20. The molecule has 0 radical (unpaired) electrons. The van der Waals surface area contributed by atoms with Gasteiger partial charge in [-0.15, -0.1) is 0 Å². The van der Waals surface area contributed by atoms with E-state index in [1.165, 1.54) is 0 Å². The van der Waals surface area contributed by atoms with Crippen LogP contribution in [-0.4, -0.2) is 39.9 Å². The van der Waals surface area contributed by atoms with Crippen molar-refractivity contribution in [3.05, 3.63) is 70.9 Å². The molecule has 1 aromatic heterocycles. The Bertz CT molecular complexity index is 863. The van der Waals surface area contributed by atoms with Crippen LogP contribution in [0.4, 0.5) is 0 Å². The van der Waals surface area contributed by atoms with Crippen LogP contribution in [0.5, 0.6) is 0 Å². The van der Waals surface area contributed by atoms with Crippen molar-refractivity contribution in [1.29, 1.82) is 0 Å². The second-order valence-corrected chi connectivity index (χ2v) is 6.37. The summed E-state index contributed by atoms with van der Waals surface area (Å²) >= 11 is 5.97. The maximum atomic E-state index is 12.6. The van der Waals surface area contributed by atoms with E-state index in [9.17, 15) is 15.0 Å². The molecule has 1 amide bonds. The SMILES string of the molecule is O=C(N[C@@H](Cc1ccccc1)[C@@H](O)CO)c1cc2cc(Cl)ccc2[nH]1. The number of carbonyl (C=O) groups excluding carboxylic acids is 1. The fourth-order valence-electron chi connectivity index (χ4n) is 2.75. The van der Waals surface area contributed by atoms with Crippen molar-refractivity contribution < 1.29 is 15.0 Å². The van der Waals surface area contributed by atoms with E-state index in [1.54, 1.807) is 24.3 Å². The number of rotatable bonds is 6. The fourth-order valence-corrected chi connectivity index (χ4v) is 2.93. The van der Waals surface area contributed by atoms with Crippen LogP contribution >= 0.6 is 11.6 Å². The normalized spacial score (nSPS) is 13.6. The van der Waals surface area contributed by atoms with E-state index in [0.717, 1.165) is 16.5 Å². The highest BCUT2D eigenvalue weighted by atomic mass is 35.5. The molecule has 3 rings (SSSR count). The summed E-state index contributed by atoms with van der Waals surface area (Å²) in [5, 5.41) is 23.6. The molecule has 6 heteroatoms. The maximum absolute atomic E-state index is 12.6. The Morgan fingerprint density at radius 1 is 1.16 bits per heavy atom. The van der Waals surface area contributed by atoms with E-state index in [0.29, 0.717) is 17.1 Å². The lowest BCUT2D eigenvalue weighted by atomic mass is 10.0. The number of hydrogen-bond acceptors (Lipinski definition) is 3. The average Bonchev–Trinajstić information content (AvgIpc) is 3.04. The molecular weight excluding hydrogens is 340 g/mol. The highest BCUT2D eigenvalue weighted by Gasteiger charge is 2.22. The highest BCUT2D eigenvalue weighted by Crippen LogP contribution is 2.20. The van der Waals surface area contributed by atoms with E-state index in [2.05, 4.69) is 10.3 Å². The van der Waals surface area contributed by atoms with E-state index >= 15 is 0 Å². The number of aromatic amines is 1. The van der Waals surface area contributed by atoms with Crippen LogP contribution < -0.4 is 5.32 Å². The Balaban J connectivity index is 1.78. The summed E-state index contributed by atoms with van der Waals surface area (Å²) in [4.78, 5) is 15.6. The van der Waals surface area contributed by atoms with Gasteiger partial charge in [-0.25, -0.2) is 0 Å². The monoisotopic (exact) mass is 358 g/mol. The molecule has 0 unspecified atom stereocenters. The predicted octanol–water partition coefficient (Wildman–Crippen LogP) is 2.52. The Morgan fingerprint density at radius 2 is 1.92 bits per heavy atom. The predicted molar refractivity (Wildman–Crippen MR) is 97.8 cm³/mol. The topological polar surface area (TPSA) is 85.3 Å². The molecule has 2 atom stereocenters. The van der Waals surface area contributed by atoms with Crippen molar-refractivity contribution in [2.75, 3.05) is 6.61 Å². The Hall–Kier alpha value is -2.34. The molecule has 130 valence electrons. The number of benzene rings is 2. The summed E-state index contributed by atoms with van der Waals surface area (Å²) in [5.41, 5.74) is 2.14. The second-order valence-electron chi connectivity index (χ2n) is 5.93. The number of amides is 1. The molecule has 0 fully saturated rings. The van der Waals surface area contributed by atoms with Crippen LogP contribution in [-0.2, 0) is 6.42 Å². The first-order chi connectivity index (χ1) is 12.1. The van der Waals surface area contributed by atoms with E-state index < -0.39 is 18.8 Å². The Kier molecular flexibility index (Phi) is 5.38. The fraction of sp³-hybridized carbons (Fsp3) is 0.211. The number of carbonyl (C=O) groups is 1. The largest absolute Gasteiger partial charge is 0.394 e. The van der Waals surface area contributed by atoms with Crippen molar-refractivity contribution in [2.24, 2.45) is 0 Å². The quantitative estimate of drug-likeness (QED) is 0.546. The van der Waals surface area contributed by atoms with Crippen molar-refractivity contribution in [3.63, 3.8) is 0 Å². The van der Waals surface area contributed by atoms with Gasteiger partial charge < -0.3 is 20.5 Å². The summed E-state index contributed by atoms with van der Waals surface area (Å²) in [6.45, 7) is -0.430. The molecule has 25 heavy (non-hydrogen) atoms. The van der Waals surface area contributed by atoms with Gasteiger partial charge in [-0.2, -0.15) is 0 Å². The van der Waals surface area contributed by atoms with Crippen LogP contribution in [0.1, 0.15) is 16.1 Å². The molecule has 5 nitrogen and oxygen atoms in total. The minimum atomic E-state index is -1.05. The van der Waals surface area contributed by atoms with Crippen LogP contribution in [0, 0.1) is 0 Å². The molecule has 0 saturated heterocycles. The van der Waals surface area contributed by atoms with Crippen LogP contribution in [0.25, 0.3) is 10.9 Å². The average molecular weight is 359 g/mol. The molecule has 3 aromatic rings. The molecule has 4 N–H and O–H groups in total. The van der Waals surface area contributed by atoms with Gasteiger partial charge in [-0.3, -0.25) is 4.79 Å². The lowest BCUT2D eigenvalue weighted by molar-refractivity contribution is 0.0566. The van der Waals surface area contributed by atoms with Gasteiger partial charge in [-0.05, 0) is 36.2 Å². The number of nitrogens with one attached hydrogen (secondary N) is 2. The first-order valence-corrected chi connectivity index (χ1v) is 8.36. The number of hydrogen-bond donors (Lipinski definition) is 4. The van der Waals surface area contributed by atoms with Gasteiger partial charge in [0, 0.05) is 15.9 Å².